The van der Waals surface area contributed by atoms with Crippen LogP contribution in [0.25, 0.3) is 0 Å². The average Bonchev–Trinajstić information content (AvgIpc) is 2.22. The summed E-state index contributed by atoms with van der Waals surface area (Å²) >= 11 is 0. The van der Waals surface area contributed by atoms with Crippen molar-refractivity contribution in [3.63, 3.8) is 0 Å². The molecule has 0 amide bonds. The molecule has 0 aliphatic carbocycles. The highest BCUT2D eigenvalue weighted by Gasteiger charge is 2.28. The van der Waals surface area contributed by atoms with Crippen LogP contribution in [0.15, 0.2) is 0 Å². The van der Waals surface area contributed by atoms with Crippen molar-refractivity contribution in [1.29, 1.82) is 0 Å². The monoisotopic (exact) mass is 287 g/mol. The van der Waals surface area contributed by atoms with E-state index in [2.05, 4.69) is 20.8 Å². The van der Waals surface area contributed by atoms with Gasteiger partial charge >= 0.3 is 16.3 Å². The Morgan fingerprint density at radius 3 is 1.76 bits per heavy atom. The van der Waals surface area contributed by atoms with Gasteiger partial charge in [0, 0.05) is 5.41 Å². The Labute approximate surface area is 105 Å². The molecule has 0 aromatic carbocycles. The summed E-state index contributed by atoms with van der Waals surface area (Å²) in [6, 6.07) is 0. The van der Waals surface area contributed by atoms with E-state index < -0.39 is 7.82 Å². The van der Waals surface area contributed by atoms with E-state index in [0.29, 0.717) is 5.41 Å². The van der Waals surface area contributed by atoms with Crippen LogP contribution in [0.4, 0.5) is 0 Å². The van der Waals surface area contributed by atoms with Crippen molar-refractivity contribution in [3.8, 4) is 0 Å². The lowest BCUT2D eigenvalue weighted by Crippen LogP contribution is -2.20. The van der Waals surface area contributed by atoms with Crippen LogP contribution >= 0.6 is 16.3 Å². The Kier molecular flexibility index (Phi) is 11.7. The molecule has 0 aromatic rings. The highest BCUT2D eigenvalue weighted by atomic mass is 31.2. The van der Waals surface area contributed by atoms with Crippen molar-refractivity contribution < 1.29 is 23.8 Å². The van der Waals surface area contributed by atoms with Gasteiger partial charge in [-0.15, -0.1) is 0 Å². The lowest BCUT2D eigenvalue weighted by Gasteiger charge is -2.26. The van der Waals surface area contributed by atoms with E-state index in [4.69, 9.17) is 19.2 Å². The van der Waals surface area contributed by atoms with Crippen LogP contribution in [0.5, 0.6) is 0 Å². The molecule has 3 N–H and O–H groups in total. The molecule has 0 aromatic heterocycles. The van der Waals surface area contributed by atoms with Crippen LogP contribution in [-0.4, -0.2) is 20.8 Å². The van der Waals surface area contributed by atoms with Crippen LogP contribution < -0.4 is 0 Å². The van der Waals surface area contributed by atoms with E-state index in [1.807, 2.05) is 0 Å². The molecule has 0 saturated heterocycles. The molecule has 0 aliphatic heterocycles. The highest BCUT2D eigenvalue weighted by Crippen LogP contribution is 2.35. The van der Waals surface area contributed by atoms with Crippen molar-refractivity contribution >= 4 is 16.3 Å². The topological polar surface area (TPSA) is 94.8 Å². The minimum Gasteiger partial charge on any atom is -0.303 e. The first kappa shape index (κ1) is 19.5. The van der Waals surface area contributed by atoms with Gasteiger partial charge in [0.15, 0.2) is 0 Å². The van der Waals surface area contributed by atoms with Crippen molar-refractivity contribution in [3.05, 3.63) is 0 Å². The fourth-order valence-electron chi connectivity index (χ4n) is 1.65. The fraction of sp³-hybridized carbons (Fsp3) is 1.00. The second kappa shape index (κ2) is 10.2. The molecule has 1 atom stereocenters. The SMILES string of the molecule is CCCCC(CC)(CC)C[PH+]=O.O=P(O)(O)O. The summed E-state index contributed by atoms with van der Waals surface area (Å²) in [5, 5.41) is 0. The maximum atomic E-state index is 10.7. The van der Waals surface area contributed by atoms with Gasteiger partial charge in [0.05, 0.1) is 0 Å². The maximum absolute atomic E-state index is 10.7. The van der Waals surface area contributed by atoms with E-state index >= 15 is 0 Å². The molecule has 7 heteroatoms. The molecule has 104 valence electrons. The molecule has 0 heterocycles. The highest BCUT2D eigenvalue weighted by molar-refractivity contribution is 7.45. The predicted molar refractivity (Wildman–Crippen MR) is 70.7 cm³/mol. The summed E-state index contributed by atoms with van der Waals surface area (Å²) in [4.78, 5) is 21.6. The Bertz CT molecular complexity index is 227. The molecule has 1 unspecified atom stereocenters. The molecule has 0 aliphatic rings. The summed E-state index contributed by atoms with van der Waals surface area (Å²) in [6.07, 6.45) is 7.05. The summed E-state index contributed by atoms with van der Waals surface area (Å²) in [6.45, 7) is 6.66. The summed E-state index contributed by atoms with van der Waals surface area (Å²) < 4.78 is 19.5. The van der Waals surface area contributed by atoms with Crippen LogP contribution in [0.2, 0.25) is 0 Å². The van der Waals surface area contributed by atoms with Gasteiger partial charge < -0.3 is 14.7 Å². The van der Waals surface area contributed by atoms with E-state index in [0.717, 1.165) is 6.16 Å². The summed E-state index contributed by atoms with van der Waals surface area (Å²) in [7, 11) is -4.75. The van der Waals surface area contributed by atoms with Crippen LogP contribution in [0.1, 0.15) is 52.9 Å². The minimum atomic E-state index is -4.64. The zero-order valence-corrected chi connectivity index (χ0v) is 12.7. The molecule has 0 fully saturated rings. The number of rotatable bonds is 7. The largest absolute Gasteiger partial charge is 0.466 e. The molecule has 5 nitrogen and oxygen atoms in total. The van der Waals surface area contributed by atoms with E-state index in [-0.39, 0.29) is 8.46 Å². The third kappa shape index (κ3) is 14.1. The second-order valence-electron chi connectivity index (χ2n) is 4.15. The molecule has 0 radical (unpaired) electrons. The third-order valence-electron chi connectivity index (χ3n) is 3.01. The summed E-state index contributed by atoms with van der Waals surface area (Å²) in [5.41, 5.74) is 0.385. The van der Waals surface area contributed by atoms with Crippen molar-refractivity contribution in [2.24, 2.45) is 5.41 Å². The number of phosphoric acid groups is 1. The summed E-state index contributed by atoms with van der Waals surface area (Å²) in [5.74, 6) is 0. The van der Waals surface area contributed by atoms with Gasteiger partial charge in [0.25, 0.3) is 0 Å². The lowest BCUT2D eigenvalue weighted by molar-refractivity contribution is 0.270. The Morgan fingerprint density at radius 1 is 1.12 bits per heavy atom. The van der Waals surface area contributed by atoms with Gasteiger partial charge in [0.2, 0.25) is 0 Å². The Morgan fingerprint density at radius 2 is 1.53 bits per heavy atom. The molecule has 0 rings (SSSR count). The zero-order chi connectivity index (χ0) is 13.9. The Balaban J connectivity index is 0. The van der Waals surface area contributed by atoms with E-state index in [1.54, 1.807) is 0 Å². The number of unbranched alkanes of at least 4 members (excludes halogenated alkanes) is 1. The van der Waals surface area contributed by atoms with Gasteiger partial charge in [-0.05, 0) is 19.3 Å². The van der Waals surface area contributed by atoms with Crippen molar-refractivity contribution in [2.75, 3.05) is 6.16 Å². The smallest absolute Gasteiger partial charge is 0.303 e. The standard InChI is InChI=1S/C10H21OP.H3O4P/c1-4-7-8-10(5-2,6-3)9-12-11;1-5(2,3)4/h4-9H2,1-3H3;(H3,1,2,3,4)/p+1. The molecular formula is C10H25O5P2+. The maximum Gasteiger partial charge on any atom is 0.466 e. The van der Waals surface area contributed by atoms with Crippen LogP contribution in [-0.2, 0) is 9.13 Å². The Hall–Kier alpha value is 0.210. The van der Waals surface area contributed by atoms with Gasteiger partial charge in [-0.3, -0.25) is 0 Å². The molecule has 0 bridgehead atoms. The first-order valence-corrected chi connectivity index (χ1v) is 8.56. The molecule has 0 saturated carbocycles. The number of hydrogen-bond acceptors (Lipinski definition) is 2. The average molecular weight is 287 g/mol. The zero-order valence-electron chi connectivity index (χ0n) is 10.8. The van der Waals surface area contributed by atoms with Crippen LogP contribution in [0, 0.1) is 5.41 Å². The van der Waals surface area contributed by atoms with Gasteiger partial charge in [-0.1, -0.05) is 38.2 Å². The van der Waals surface area contributed by atoms with E-state index in [1.165, 1.54) is 32.1 Å². The quantitative estimate of drug-likeness (QED) is 0.625. The second-order valence-corrected chi connectivity index (χ2v) is 5.81. The van der Waals surface area contributed by atoms with Gasteiger partial charge in [-0.25, -0.2) is 4.57 Å². The molecule has 17 heavy (non-hydrogen) atoms. The normalized spacial score (nSPS) is 12.1. The first-order valence-electron chi connectivity index (χ1n) is 5.88. The fourth-order valence-corrected chi connectivity index (χ4v) is 2.63. The first-order chi connectivity index (χ1) is 7.74. The van der Waals surface area contributed by atoms with Gasteiger partial charge in [-0.2, -0.15) is 0 Å². The van der Waals surface area contributed by atoms with E-state index in [9.17, 15) is 4.57 Å². The predicted octanol–water partition coefficient (Wildman–Crippen LogP) is 3.08. The minimum absolute atomic E-state index is 0.116. The molecule has 0 spiro atoms. The van der Waals surface area contributed by atoms with Crippen molar-refractivity contribution in [2.45, 2.75) is 52.9 Å². The number of hydrogen-bond donors (Lipinski definition) is 3. The van der Waals surface area contributed by atoms with Crippen LogP contribution in [0.3, 0.4) is 0 Å². The lowest BCUT2D eigenvalue weighted by atomic mass is 9.80. The van der Waals surface area contributed by atoms with Gasteiger partial charge in [0.1, 0.15) is 6.16 Å². The molecular weight excluding hydrogens is 262 g/mol. The van der Waals surface area contributed by atoms with Crippen molar-refractivity contribution in [1.82, 2.24) is 0 Å². The third-order valence-corrected chi connectivity index (χ3v) is 3.90.